The van der Waals surface area contributed by atoms with Crippen molar-refractivity contribution in [3.8, 4) is 0 Å². The fourth-order valence-corrected chi connectivity index (χ4v) is 2.94. The third-order valence-electron chi connectivity index (χ3n) is 4.19. The van der Waals surface area contributed by atoms with Crippen LogP contribution in [0.5, 0.6) is 0 Å². The van der Waals surface area contributed by atoms with Crippen LogP contribution in [0, 0.1) is 0 Å². The smallest absolute Gasteiger partial charge is 0.191 e. The molecule has 0 aliphatic rings. The van der Waals surface area contributed by atoms with Crippen LogP contribution in [0.1, 0.15) is 23.6 Å². The lowest BCUT2D eigenvalue weighted by molar-refractivity contribution is 0.684. The summed E-state index contributed by atoms with van der Waals surface area (Å²) >= 11 is 5.93. The van der Waals surface area contributed by atoms with E-state index >= 15 is 0 Å². The first-order chi connectivity index (χ1) is 13.7. The van der Waals surface area contributed by atoms with Crippen molar-refractivity contribution in [1.29, 1.82) is 0 Å². The molecule has 2 N–H and O–H groups in total. The van der Waals surface area contributed by atoms with E-state index in [0.717, 1.165) is 36.1 Å². The van der Waals surface area contributed by atoms with Gasteiger partial charge >= 0.3 is 0 Å². The van der Waals surface area contributed by atoms with Crippen molar-refractivity contribution in [2.75, 3.05) is 13.1 Å². The maximum atomic E-state index is 5.93. The maximum Gasteiger partial charge on any atom is 0.191 e. The summed E-state index contributed by atoms with van der Waals surface area (Å²) in [5, 5.41) is 11.6. The molecule has 28 heavy (non-hydrogen) atoms. The Morgan fingerprint density at radius 3 is 2.64 bits per heavy atom. The molecule has 0 spiro atoms. The normalized spacial score (nSPS) is 11.4. The summed E-state index contributed by atoms with van der Waals surface area (Å²) in [6.45, 7) is 5.01. The van der Waals surface area contributed by atoms with Gasteiger partial charge in [-0.05, 0) is 42.2 Å². The van der Waals surface area contributed by atoms with Gasteiger partial charge in [-0.3, -0.25) is 0 Å². The molecule has 0 aliphatic heterocycles. The molecule has 0 fully saturated rings. The Balaban J connectivity index is 1.55. The zero-order chi connectivity index (χ0) is 19.6. The molecule has 2 aromatic carbocycles. The average Bonchev–Trinajstić information content (AvgIpc) is 3.21. The number of aromatic nitrogens is 3. The van der Waals surface area contributed by atoms with E-state index in [0.29, 0.717) is 13.1 Å². The average molecular weight is 397 g/mol. The number of hydrogen-bond donors (Lipinski definition) is 2. The minimum absolute atomic E-state index is 0.613. The number of guanidine groups is 1. The fourth-order valence-electron chi connectivity index (χ4n) is 2.82. The minimum atomic E-state index is 0.613. The summed E-state index contributed by atoms with van der Waals surface area (Å²) in [4.78, 5) is 8.69. The van der Waals surface area contributed by atoms with Gasteiger partial charge < -0.3 is 10.6 Å². The Labute approximate surface area is 170 Å². The van der Waals surface area contributed by atoms with Crippen molar-refractivity contribution in [1.82, 2.24) is 25.4 Å². The van der Waals surface area contributed by atoms with Gasteiger partial charge in [0.05, 0.1) is 13.1 Å². The van der Waals surface area contributed by atoms with Crippen molar-refractivity contribution in [3.05, 3.63) is 82.9 Å². The lowest BCUT2D eigenvalue weighted by Crippen LogP contribution is -2.38. The van der Waals surface area contributed by atoms with Crippen LogP contribution in [0.4, 0.5) is 0 Å². The standard InChI is InChI=1S/C21H25ClN6/c1-2-24-21(25-11-10-17-6-8-20(22)9-7-17)26-13-18-4-3-5-19(12-18)14-28-16-23-15-27-28/h3-9,12,15-16H,2,10-11,13-14H2,1H3,(H2,24,25,26). The molecule has 6 nitrogen and oxygen atoms in total. The summed E-state index contributed by atoms with van der Waals surface area (Å²) < 4.78 is 1.81. The Morgan fingerprint density at radius 1 is 1.07 bits per heavy atom. The van der Waals surface area contributed by atoms with Crippen LogP contribution in [-0.2, 0) is 19.5 Å². The summed E-state index contributed by atoms with van der Waals surface area (Å²) in [6.07, 6.45) is 4.18. The third-order valence-corrected chi connectivity index (χ3v) is 4.44. The van der Waals surface area contributed by atoms with Gasteiger partial charge in [-0.1, -0.05) is 48.0 Å². The highest BCUT2D eigenvalue weighted by atomic mass is 35.5. The van der Waals surface area contributed by atoms with Gasteiger partial charge in [0.15, 0.2) is 5.96 Å². The second-order valence-electron chi connectivity index (χ2n) is 6.41. The van der Waals surface area contributed by atoms with E-state index in [4.69, 9.17) is 16.6 Å². The van der Waals surface area contributed by atoms with Gasteiger partial charge in [0.25, 0.3) is 0 Å². The van der Waals surface area contributed by atoms with Gasteiger partial charge in [0, 0.05) is 18.1 Å². The van der Waals surface area contributed by atoms with E-state index < -0.39 is 0 Å². The van der Waals surface area contributed by atoms with Gasteiger partial charge in [-0.25, -0.2) is 14.7 Å². The van der Waals surface area contributed by atoms with Crippen molar-refractivity contribution >= 4 is 17.6 Å². The van der Waals surface area contributed by atoms with Gasteiger partial charge in [-0.2, -0.15) is 5.10 Å². The van der Waals surface area contributed by atoms with E-state index in [1.165, 1.54) is 11.1 Å². The second kappa shape index (κ2) is 10.5. The van der Waals surface area contributed by atoms with Crippen molar-refractivity contribution < 1.29 is 0 Å². The molecule has 3 aromatic rings. The van der Waals surface area contributed by atoms with Crippen LogP contribution in [0.15, 0.2) is 66.2 Å². The molecule has 0 amide bonds. The molecule has 0 saturated heterocycles. The van der Waals surface area contributed by atoms with Crippen LogP contribution < -0.4 is 10.6 Å². The molecular weight excluding hydrogens is 372 g/mol. The van der Waals surface area contributed by atoms with Crippen LogP contribution in [-0.4, -0.2) is 33.8 Å². The SMILES string of the molecule is CCNC(=NCc1cccc(Cn2cncn2)c1)NCCc1ccc(Cl)cc1. The first kappa shape index (κ1) is 19.9. The van der Waals surface area contributed by atoms with Gasteiger partial charge in [-0.15, -0.1) is 0 Å². The van der Waals surface area contributed by atoms with Crippen molar-refractivity contribution in [2.45, 2.75) is 26.4 Å². The summed E-state index contributed by atoms with van der Waals surface area (Å²) in [5.41, 5.74) is 3.58. The fraction of sp³-hybridized carbons (Fsp3) is 0.286. The highest BCUT2D eigenvalue weighted by Crippen LogP contribution is 2.10. The quantitative estimate of drug-likeness (QED) is 0.453. The minimum Gasteiger partial charge on any atom is -0.357 e. The molecule has 0 bridgehead atoms. The molecule has 0 saturated carbocycles. The maximum absolute atomic E-state index is 5.93. The molecule has 0 radical (unpaired) electrons. The van der Waals surface area contributed by atoms with E-state index in [2.05, 4.69) is 64.0 Å². The third kappa shape index (κ3) is 6.39. The topological polar surface area (TPSA) is 67.1 Å². The van der Waals surface area contributed by atoms with Crippen molar-refractivity contribution in [3.63, 3.8) is 0 Å². The number of hydrogen-bond acceptors (Lipinski definition) is 3. The van der Waals surface area contributed by atoms with E-state index in [9.17, 15) is 0 Å². The number of nitrogens with zero attached hydrogens (tertiary/aromatic N) is 4. The number of aliphatic imine (C=N–C) groups is 1. The first-order valence-corrected chi connectivity index (χ1v) is 9.77. The zero-order valence-electron chi connectivity index (χ0n) is 16.0. The summed E-state index contributed by atoms with van der Waals surface area (Å²) in [6, 6.07) is 16.3. The van der Waals surface area contributed by atoms with Crippen LogP contribution >= 0.6 is 11.6 Å². The molecule has 3 rings (SSSR count). The number of rotatable bonds is 8. The summed E-state index contributed by atoms with van der Waals surface area (Å²) in [5.74, 6) is 0.818. The van der Waals surface area contributed by atoms with E-state index in [-0.39, 0.29) is 0 Å². The number of halogens is 1. The van der Waals surface area contributed by atoms with Crippen molar-refractivity contribution in [2.24, 2.45) is 4.99 Å². The lowest BCUT2D eigenvalue weighted by atomic mass is 10.1. The number of benzene rings is 2. The molecule has 1 aromatic heterocycles. The number of nitrogens with one attached hydrogen (secondary N) is 2. The Kier molecular flexibility index (Phi) is 7.44. The highest BCUT2D eigenvalue weighted by molar-refractivity contribution is 6.30. The van der Waals surface area contributed by atoms with Gasteiger partial charge in [0.2, 0.25) is 0 Å². The Morgan fingerprint density at radius 2 is 1.89 bits per heavy atom. The molecule has 0 aliphatic carbocycles. The van der Waals surface area contributed by atoms with E-state index in [1.807, 2.05) is 16.8 Å². The predicted octanol–water partition coefficient (Wildman–Crippen LogP) is 3.28. The monoisotopic (exact) mass is 396 g/mol. The molecule has 146 valence electrons. The molecule has 0 unspecified atom stereocenters. The molecule has 1 heterocycles. The largest absolute Gasteiger partial charge is 0.357 e. The Bertz CT molecular complexity index is 874. The predicted molar refractivity (Wildman–Crippen MR) is 114 cm³/mol. The first-order valence-electron chi connectivity index (χ1n) is 9.40. The van der Waals surface area contributed by atoms with Crippen LogP contribution in [0.3, 0.4) is 0 Å². The van der Waals surface area contributed by atoms with Crippen LogP contribution in [0.2, 0.25) is 5.02 Å². The molecular formula is C21H25ClN6. The van der Waals surface area contributed by atoms with Crippen LogP contribution in [0.25, 0.3) is 0 Å². The zero-order valence-corrected chi connectivity index (χ0v) is 16.7. The van der Waals surface area contributed by atoms with E-state index in [1.54, 1.807) is 12.7 Å². The van der Waals surface area contributed by atoms with Gasteiger partial charge in [0.1, 0.15) is 12.7 Å². The molecule has 7 heteroatoms. The lowest BCUT2D eigenvalue weighted by Gasteiger charge is -2.11. The Hall–Kier alpha value is -2.86. The highest BCUT2D eigenvalue weighted by Gasteiger charge is 2.01. The second-order valence-corrected chi connectivity index (χ2v) is 6.85. The molecule has 0 atom stereocenters. The summed E-state index contributed by atoms with van der Waals surface area (Å²) in [7, 11) is 0.